The molecule has 0 unspecified atom stereocenters. The summed E-state index contributed by atoms with van der Waals surface area (Å²) in [6.07, 6.45) is 4.70. The lowest BCUT2D eigenvalue weighted by molar-refractivity contribution is 0.588. The SMILES string of the molecule is Cc1ccccc1S(=O)(=O)n1cc(-c2ncc(F)c(N[C@H]3CCNC3)n2)c2cc(Cl)cnc21. The molecule has 8 nitrogen and oxygen atoms in total. The van der Waals surface area contributed by atoms with Gasteiger partial charge in [-0.05, 0) is 37.6 Å². The minimum atomic E-state index is -3.98. The van der Waals surface area contributed by atoms with Gasteiger partial charge >= 0.3 is 0 Å². The molecular weight excluding hydrogens is 467 g/mol. The highest BCUT2D eigenvalue weighted by Gasteiger charge is 2.26. The van der Waals surface area contributed by atoms with Crippen molar-refractivity contribution in [2.45, 2.75) is 24.3 Å². The van der Waals surface area contributed by atoms with Crippen LogP contribution < -0.4 is 10.6 Å². The highest BCUT2D eigenvalue weighted by atomic mass is 35.5. The van der Waals surface area contributed by atoms with Crippen molar-refractivity contribution in [2.75, 3.05) is 18.4 Å². The van der Waals surface area contributed by atoms with Gasteiger partial charge < -0.3 is 10.6 Å². The third-order valence-electron chi connectivity index (χ3n) is 5.60. The second-order valence-corrected chi connectivity index (χ2v) is 10.1. The second kappa shape index (κ2) is 8.36. The molecule has 4 aromatic rings. The van der Waals surface area contributed by atoms with Crippen molar-refractivity contribution in [3.05, 3.63) is 65.3 Å². The van der Waals surface area contributed by atoms with E-state index in [1.807, 2.05) is 0 Å². The lowest BCUT2D eigenvalue weighted by Crippen LogP contribution is -2.23. The fourth-order valence-corrected chi connectivity index (χ4v) is 5.65. The smallest absolute Gasteiger partial charge is 0.269 e. The lowest BCUT2D eigenvalue weighted by Gasteiger charge is -2.13. The number of rotatable bonds is 5. The third-order valence-corrected chi connectivity index (χ3v) is 7.61. The molecule has 0 bridgehead atoms. The van der Waals surface area contributed by atoms with Crippen molar-refractivity contribution in [1.82, 2.24) is 24.2 Å². The van der Waals surface area contributed by atoms with Gasteiger partial charge in [-0.2, -0.15) is 0 Å². The average Bonchev–Trinajstić information content (AvgIpc) is 3.43. The van der Waals surface area contributed by atoms with Crippen LogP contribution in [0.15, 0.2) is 53.8 Å². The van der Waals surface area contributed by atoms with Crippen LogP contribution in [0.4, 0.5) is 10.2 Å². The van der Waals surface area contributed by atoms with Crippen LogP contribution >= 0.6 is 11.6 Å². The predicted octanol–water partition coefficient (Wildman–Crippen LogP) is 3.61. The minimum absolute atomic E-state index is 0.0427. The van der Waals surface area contributed by atoms with E-state index in [1.165, 1.54) is 18.5 Å². The van der Waals surface area contributed by atoms with Gasteiger partial charge in [-0.3, -0.25) is 0 Å². The van der Waals surface area contributed by atoms with Gasteiger partial charge in [0.15, 0.2) is 23.1 Å². The third kappa shape index (κ3) is 3.94. The quantitative estimate of drug-likeness (QED) is 0.444. The summed E-state index contributed by atoms with van der Waals surface area (Å²) >= 11 is 6.17. The molecule has 1 aliphatic rings. The first kappa shape index (κ1) is 21.7. The number of aryl methyl sites for hydroxylation is 1. The van der Waals surface area contributed by atoms with E-state index in [0.29, 0.717) is 28.1 Å². The number of anilines is 1. The van der Waals surface area contributed by atoms with Crippen LogP contribution in [-0.4, -0.2) is 46.5 Å². The second-order valence-electron chi connectivity index (χ2n) is 7.86. The number of hydrogen-bond donors (Lipinski definition) is 2. The Morgan fingerprint density at radius 2 is 2.06 bits per heavy atom. The van der Waals surface area contributed by atoms with Gasteiger partial charge in [-0.25, -0.2) is 31.7 Å². The molecule has 5 rings (SSSR count). The monoisotopic (exact) mass is 486 g/mol. The Morgan fingerprint density at radius 1 is 1.24 bits per heavy atom. The van der Waals surface area contributed by atoms with Crippen LogP contribution in [0.5, 0.6) is 0 Å². The van der Waals surface area contributed by atoms with Gasteiger partial charge in [0.05, 0.1) is 16.1 Å². The highest BCUT2D eigenvalue weighted by Crippen LogP contribution is 2.33. The van der Waals surface area contributed by atoms with Crippen LogP contribution in [0.2, 0.25) is 5.02 Å². The number of nitrogens with zero attached hydrogens (tertiary/aromatic N) is 4. The molecule has 3 aromatic heterocycles. The normalized spacial score (nSPS) is 16.4. The molecule has 2 N–H and O–H groups in total. The molecule has 0 radical (unpaired) electrons. The molecule has 0 amide bonds. The average molecular weight is 487 g/mol. The van der Waals surface area contributed by atoms with Crippen molar-refractivity contribution < 1.29 is 12.8 Å². The molecule has 1 aromatic carbocycles. The molecule has 0 saturated carbocycles. The summed E-state index contributed by atoms with van der Waals surface area (Å²) in [5.74, 6) is -0.359. The Labute approximate surface area is 194 Å². The predicted molar refractivity (Wildman–Crippen MR) is 124 cm³/mol. The van der Waals surface area contributed by atoms with Crippen LogP contribution in [0.1, 0.15) is 12.0 Å². The summed E-state index contributed by atoms with van der Waals surface area (Å²) in [6, 6.07) is 8.34. The van der Waals surface area contributed by atoms with Crippen LogP contribution in [0, 0.1) is 12.7 Å². The summed E-state index contributed by atoms with van der Waals surface area (Å²) in [7, 11) is -3.98. The fraction of sp³-hybridized carbons (Fsp3) is 0.227. The highest BCUT2D eigenvalue weighted by molar-refractivity contribution is 7.90. The van der Waals surface area contributed by atoms with Crippen molar-refractivity contribution in [1.29, 1.82) is 0 Å². The van der Waals surface area contributed by atoms with Gasteiger partial charge in [-0.15, -0.1) is 0 Å². The summed E-state index contributed by atoms with van der Waals surface area (Å²) in [4.78, 5) is 12.9. The molecule has 0 spiro atoms. The fourth-order valence-electron chi connectivity index (χ4n) is 3.94. The summed E-state index contributed by atoms with van der Waals surface area (Å²) in [5.41, 5.74) is 1.16. The topological polar surface area (TPSA) is 102 Å². The first-order valence-electron chi connectivity index (χ1n) is 10.3. The van der Waals surface area contributed by atoms with Crippen LogP contribution in [-0.2, 0) is 10.0 Å². The molecule has 170 valence electrons. The van der Waals surface area contributed by atoms with Gasteiger partial charge in [0, 0.05) is 35.9 Å². The number of fused-ring (bicyclic) bond motifs is 1. The van der Waals surface area contributed by atoms with Crippen LogP contribution in [0.25, 0.3) is 22.4 Å². The van der Waals surface area contributed by atoms with E-state index in [1.54, 1.807) is 31.2 Å². The molecule has 1 aliphatic heterocycles. The lowest BCUT2D eigenvalue weighted by atomic mass is 10.2. The van der Waals surface area contributed by atoms with E-state index < -0.39 is 15.8 Å². The van der Waals surface area contributed by atoms with Crippen molar-refractivity contribution in [3.8, 4) is 11.4 Å². The minimum Gasteiger partial charge on any atom is -0.363 e. The Bertz CT molecular complexity index is 1470. The summed E-state index contributed by atoms with van der Waals surface area (Å²) in [6.45, 7) is 3.26. The van der Waals surface area contributed by atoms with Crippen molar-refractivity contribution in [2.24, 2.45) is 0 Å². The van der Waals surface area contributed by atoms with Gasteiger partial charge in [0.2, 0.25) is 0 Å². The number of halogens is 2. The molecule has 1 atom stereocenters. The summed E-state index contributed by atoms with van der Waals surface area (Å²) < 4.78 is 42.6. The molecule has 0 aliphatic carbocycles. The number of hydrogen-bond acceptors (Lipinski definition) is 7. The van der Waals surface area contributed by atoms with E-state index in [0.717, 1.165) is 23.1 Å². The Hall–Kier alpha value is -3.08. The maximum absolute atomic E-state index is 14.4. The number of aromatic nitrogens is 4. The molecular formula is C22H20ClFN6O2S. The number of pyridine rings is 1. The van der Waals surface area contributed by atoms with E-state index >= 15 is 0 Å². The number of nitrogens with one attached hydrogen (secondary N) is 2. The first-order valence-corrected chi connectivity index (χ1v) is 12.1. The van der Waals surface area contributed by atoms with Crippen molar-refractivity contribution in [3.63, 3.8) is 0 Å². The zero-order chi connectivity index (χ0) is 23.2. The molecule has 1 saturated heterocycles. The molecule has 1 fully saturated rings. The van der Waals surface area contributed by atoms with Gasteiger partial charge in [0.1, 0.15) is 0 Å². The maximum Gasteiger partial charge on any atom is 0.269 e. The van der Waals surface area contributed by atoms with Gasteiger partial charge in [0.25, 0.3) is 10.0 Å². The Kier molecular flexibility index (Phi) is 5.51. The Balaban J connectivity index is 1.68. The van der Waals surface area contributed by atoms with E-state index in [2.05, 4.69) is 25.6 Å². The molecule has 33 heavy (non-hydrogen) atoms. The van der Waals surface area contributed by atoms with Crippen molar-refractivity contribution >= 4 is 38.5 Å². The van der Waals surface area contributed by atoms with E-state index in [4.69, 9.17) is 11.6 Å². The summed E-state index contributed by atoms with van der Waals surface area (Å²) in [5, 5.41) is 7.07. The van der Waals surface area contributed by atoms with Crippen LogP contribution in [0.3, 0.4) is 0 Å². The number of benzene rings is 1. The first-order chi connectivity index (χ1) is 15.8. The largest absolute Gasteiger partial charge is 0.363 e. The zero-order valence-corrected chi connectivity index (χ0v) is 19.2. The zero-order valence-electron chi connectivity index (χ0n) is 17.6. The van der Waals surface area contributed by atoms with Gasteiger partial charge in [-0.1, -0.05) is 29.8 Å². The Morgan fingerprint density at radius 3 is 2.82 bits per heavy atom. The maximum atomic E-state index is 14.4. The molecule has 4 heterocycles. The van der Waals surface area contributed by atoms with E-state index in [9.17, 15) is 12.8 Å². The van der Waals surface area contributed by atoms with E-state index in [-0.39, 0.29) is 28.2 Å². The standard InChI is InChI=1S/C22H20ClFN6O2S/c1-13-4-2-3-5-19(13)33(31,32)30-12-17(16-8-14(23)9-27-22(16)30)20-26-11-18(24)21(29-20)28-15-6-7-25-10-15/h2-5,8-9,11-12,15,25H,6-7,10H2,1H3,(H,26,28,29)/t15-/m0/s1. The molecule has 11 heteroatoms.